The van der Waals surface area contributed by atoms with Crippen molar-refractivity contribution < 1.29 is 9.53 Å². The molecular weight excluding hydrogens is 368 g/mol. The van der Waals surface area contributed by atoms with Gasteiger partial charge in [0.05, 0.1) is 19.1 Å². The minimum atomic E-state index is -0.0842. The van der Waals surface area contributed by atoms with Gasteiger partial charge in [-0.15, -0.1) is 5.10 Å². The molecule has 0 N–H and O–H groups in total. The van der Waals surface area contributed by atoms with Gasteiger partial charge in [-0.05, 0) is 52.0 Å². The fourth-order valence-corrected chi connectivity index (χ4v) is 4.39. The summed E-state index contributed by atoms with van der Waals surface area (Å²) in [6, 6.07) is 2.11. The Morgan fingerprint density at radius 1 is 1.21 bits per heavy atom. The minimum absolute atomic E-state index is 0.0491. The molecule has 4 rings (SSSR count). The van der Waals surface area contributed by atoms with E-state index in [0.717, 1.165) is 55.7 Å². The monoisotopic (exact) mass is 400 g/mol. The Morgan fingerprint density at radius 3 is 2.76 bits per heavy atom. The van der Waals surface area contributed by atoms with E-state index in [4.69, 9.17) is 14.8 Å². The molecule has 0 spiro atoms. The van der Waals surface area contributed by atoms with E-state index in [1.807, 2.05) is 18.4 Å². The molecule has 0 radical (unpaired) electrons. The molecule has 0 aliphatic carbocycles. The summed E-state index contributed by atoms with van der Waals surface area (Å²) in [7, 11) is 0. The molecule has 0 aromatic carbocycles. The maximum absolute atomic E-state index is 12.1. The smallest absolute Gasteiger partial charge is 0.310 e. The molecule has 29 heavy (non-hydrogen) atoms. The van der Waals surface area contributed by atoms with E-state index in [2.05, 4.69) is 27.8 Å². The molecule has 2 aliphatic rings. The van der Waals surface area contributed by atoms with Gasteiger partial charge in [0.1, 0.15) is 5.82 Å². The summed E-state index contributed by atoms with van der Waals surface area (Å²) >= 11 is 0. The highest BCUT2D eigenvalue weighted by atomic mass is 16.5. The van der Waals surface area contributed by atoms with Crippen LogP contribution >= 0.6 is 0 Å². The molecule has 158 valence electrons. The first-order chi connectivity index (χ1) is 14.0. The zero-order valence-corrected chi connectivity index (χ0v) is 17.8. The van der Waals surface area contributed by atoms with E-state index in [9.17, 15) is 4.79 Å². The number of carbonyl (C=O) groups excluding carboxylic acids is 1. The van der Waals surface area contributed by atoms with Crippen molar-refractivity contribution in [3.8, 4) is 0 Å². The van der Waals surface area contributed by atoms with Gasteiger partial charge >= 0.3 is 5.97 Å². The van der Waals surface area contributed by atoms with Crippen LogP contribution in [0.2, 0.25) is 0 Å². The van der Waals surface area contributed by atoms with Gasteiger partial charge in [0.15, 0.2) is 5.82 Å². The van der Waals surface area contributed by atoms with Gasteiger partial charge in [0.2, 0.25) is 0 Å². The second-order valence-electron chi connectivity index (χ2n) is 8.49. The third-order valence-corrected chi connectivity index (χ3v) is 6.06. The van der Waals surface area contributed by atoms with Crippen LogP contribution in [-0.4, -0.2) is 63.2 Å². The fourth-order valence-electron chi connectivity index (χ4n) is 4.39. The molecule has 8 nitrogen and oxygen atoms in total. The van der Waals surface area contributed by atoms with Crippen LogP contribution in [0.4, 0.5) is 5.82 Å². The van der Waals surface area contributed by atoms with Crippen LogP contribution in [0, 0.1) is 18.8 Å². The van der Waals surface area contributed by atoms with Crippen LogP contribution in [0.1, 0.15) is 51.0 Å². The Bertz CT molecular complexity index is 858. The molecule has 0 bridgehead atoms. The predicted molar refractivity (Wildman–Crippen MR) is 111 cm³/mol. The normalized spacial score (nSPS) is 21.6. The summed E-state index contributed by atoms with van der Waals surface area (Å²) in [5.74, 6) is 3.15. The summed E-state index contributed by atoms with van der Waals surface area (Å²) in [6.45, 7) is 11.0. The lowest BCUT2D eigenvalue weighted by atomic mass is 9.98. The van der Waals surface area contributed by atoms with Gasteiger partial charge in [0, 0.05) is 31.4 Å². The number of piperidine rings is 2. The van der Waals surface area contributed by atoms with Crippen molar-refractivity contribution in [2.75, 3.05) is 37.7 Å². The second-order valence-corrected chi connectivity index (χ2v) is 8.49. The van der Waals surface area contributed by atoms with E-state index < -0.39 is 0 Å². The Kier molecular flexibility index (Phi) is 5.99. The molecule has 4 heterocycles. The van der Waals surface area contributed by atoms with E-state index >= 15 is 0 Å². The third kappa shape index (κ3) is 4.52. The highest BCUT2D eigenvalue weighted by Gasteiger charge is 2.28. The van der Waals surface area contributed by atoms with E-state index in [1.54, 1.807) is 0 Å². The lowest BCUT2D eigenvalue weighted by Gasteiger charge is -2.32. The Hall–Kier alpha value is -2.22. The molecule has 2 saturated heterocycles. The molecule has 2 aromatic heterocycles. The maximum Gasteiger partial charge on any atom is 0.310 e. The third-order valence-electron chi connectivity index (χ3n) is 6.06. The van der Waals surface area contributed by atoms with Gasteiger partial charge < -0.3 is 9.64 Å². The number of ether oxygens (including phenoxy) is 1. The minimum Gasteiger partial charge on any atom is -0.466 e. The number of aryl methyl sites for hydroxylation is 1. The number of likely N-dealkylation sites (tertiary alicyclic amines) is 1. The van der Waals surface area contributed by atoms with Gasteiger partial charge in [-0.3, -0.25) is 9.69 Å². The van der Waals surface area contributed by atoms with Crippen molar-refractivity contribution in [3.63, 3.8) is 0 Å². The zero-order valence-electron chi connectivity index (χ0n) is 17.8. The van der Waals surface area contributed by atoms with Crippen LogP contribution in [0.3, 0.4) is 0 Å². The SMILES string of the molecule is CCOC(=O)[C@@H]1CCCN(Cc2nc3nc(C)cc(N4CCC(C)CC4)n3n2)C1. The molecule has 8 heteroatoms. The number of aromatic nitrogens is 4. The lowest BCUT2D eigenvalue weighted by molar-refractivity contribution is -0.150. The molecule has 0 saturated carbocycles. The quantitative estimate of drug-likeness (QED) is 0.714. The van der Waals surface area contributed by atoms with Crippen molar-refractivity contribution in [2.24, 2.45) is 11.8 Å². The Morgan fingerprint density at radius 2 is 2.00 bits per heavy atom. The van der Waals surface area contributed by atoms with Gasteiger partial charge in [0.25, 0.3) is 5.78 Å². The molecular formula is C21H32N6O2. The highest BCUT2D eigenvalue weighted by Crippen LogP contribution is 2.24. The number of fused-ring (bicyclic) bond motifs is 1. The summed E-state index contributed by atoms with van der Waals surface area (Å²) in [5.41, 5.74) is 0.963. The van der Waals surface area contributed by atoms with Gasteiger partial charge in [-0.2, -0.15) is 9.50 Å². The van der Waals surface area contributed by atoms with Crippen LogP contribution < -0.4 is 4.90 Å². The maximum atomic E-state index is 12.1. The first kappa shape index (κ1) is 20.1. The summed E-state index contributed by atoms with van der Waals surface area (Å²) in [5, 5.41) is 4.79. The number of rotatable bonds is 5. The largest absolute Gasteiger partial charge is 0.466 e. The standard InChI is InChI=1S/C21H32N6O2/c1-4-29-20(28)17-6-5-9-25(13-17)14-18-23-21-22-16(3)12-19(27(21)24-18)26-10-7-15(2)8-11-26/h12,15,17H,4-11,13-14H2,1-3H3/t17-/m1/s1. The summed E-state index contributed by atoms with van der Waals surface area (Å²) in [6.07, 6.45) is 4.29. The zero-order chi connectivity index (χ0) is 20.4. The predicted octanol–water partition coefficient (Wildman–Crippen LogP) is 2.44. The van der Waals surface area contributed by atoms with Crippen molar-refractivity contribution in [2.45, 2.75) is 53.0 Å². The van der Waals surface area contributed by atoms with E-state index in [0.29, 0.717) is 25.5 Å². The van der Waals surface area contributed by atoms with Crippen LogP contribution in [0.15, 0.2) is 6.07 Å². The molecule has 1 atom stereocenters. The summed E-state index contributed by atoms with van der Waals surface area (Å²) in [4.78, 5) is 26.1. The number of nitrogens with zero attached hydrogens (tertiary/aromatic N) is 6. The number of anilines is 1. The first-order valence-corrected chi connectivity index (χ1v) is 10.9. The number of hydrogen-bond acceptors (Lipinski definition) is 7. The average Bonchev–Trinajstić information content (AvgIpc) is 3.10. The highest BCUT2D eigenvalue weighted by molar-refractivity contribution is 5.72. The van der Waals surface area contributed by atoms with Gasteiger partial charge in [-0.25, -0.2) is 4.98 Å². The lowest BCUT2D eigenvalue weighted by Crippen LogP contribution is -2.39. The number of carbonyl (C=O) groups is 1. The van der Waals surface area contributed by atoms with E-state index in [-0.39, 0.29) is 11.9 Å². The Labute approximate surface area is 172 Å². The second kappa shape index (κ2) is 8.65. The first-order valence-electron chi connectivity index (χ1n) is 10.9. The van der Waals surface area contributed by atoms with Crippen LogP contribution in [-0.2, 0) is 16.1 Å². The summed E-state index contributed by atoms with van der Waals surface area (Å²) < 4.78 is 7.11. The molecule has 2 aromatic rings. The van der Waals surface area contributed by atoms with Crippen LogP contribution in [0.25, 0.3) is 5.78 Å². The van der Waals surface area contributed by atoms with Gasteiger partial charge in [-0.1, -0.05) is 6.92 Å². The van der Waals surface area contributed by atoms with Crippen LogP contribution in [0.5, 0.6) is 0 Å². The number of esters is 1. The average molecular weight is 401 g/mol. The van der Waals surface area contributed by atoms with Crippen molar-refractivity contribution in [1.82, 2.24) is 24.5 Å². The topological polar surface area (TPSA) is 75.9 Å². The fraction of sp³-hybridized carbons (Fsp3) is 0.714. The molecule has 0 unspecified atom stereocenters. The molecule has 2 aliphatic heterocycles. The van der Waals surface area contributed by atoms with Crippen molar-refractivity contribution in [3.05, 3.63) is 17.6 Å². The van der Waals surface area contributed by atoms with Crippen molar-refractivity contribution >= 4 is 17.6 Å². The van der Waals surface area contributed by atoms with E-state index in [1.165, 1.54) is 12.8 Å². The molecule has 0 amide bonds. The molecule has 2 fully saturated rings. The Balaban J connectivity index is 1.51. The van der Waals surface area contributed by atoms with Crippen molar-refractivity contribution in [1.29, 1.82) is 0 Å². The number of hydrogen-bond donors (Lipinski definition) is 0.